The minimum atomic E-state index is -0.185. The highest BCUT2D eigenvalue weighted by Crippen LogP contribution is 2.20. The molecule has 1 aromatic heterocycles. The number of benzene rings is 1. The van der Waals surface area contributed by atoms with Gasteiger partial charge < -0.3 is 15.1 Å². The first kappa shape index (κ1) is 15.3. The Morgan fingerprint density at radius 2 is 1.78 bits per heavy atom. The third-order valence-corrected chi connectivity index (χ3v) is 4.09. The van der Waals surface area contributed by atoms with Crippen molar-refractivity contribution < 1.29 is 4.79 Å². The van der Waals surface area contributed by atoms with E-state index in [2.05, 4.69) is 15.2 Å². The van der Waals surface area contributed by atoms with E-state index in [1.54, 1.807) is 12.3 Å². The summed E-state index contributed by atoms with van der Waals surface area (Å²) < 4.78 is 0. The van der Waals surface area contributed by atoms with E-state index in [0.717, 1.165) is 30.2 Å². The molecule has 1 aromatic carbocycles. The van der Waals surface area contributed by atoms with Crippen LogP contribution in [-0.4, -0.2) is 38.1 Å². The number of aromatic nitrogens is 1. The van der Waals surface area contributed by atoms with Crippen LogP contribution in [0.15, 0.2) is 42.6 Å². The van der Waals surface area contributed by atoms with Crippen LogP contribution >= 0.6 is 0 Å². The number of rotatable bonds is 4. The number of nitrogens with one attached hydrogen (secondary N) is 1. The molecule has 23 heavy (non-hydrogen) atoms. The van der Waals surface area contributed by atoms with E-state index in [0.29, 0.717) is 5.69 Å². The van der Waals surface area contributed by atoms with Crippen molar-refractivity contribution in [3.8, 4) is 0 Å². The molecule has 0 spiro atoms. The van der Waals surface area contributed by atoms with Crippen LogP contribution in [0.2, 0.25) is 0 Å². The Morgan fingerprint density at radius 3 is 2.35 bits per heavy atom. The molecule has 0 saturated carbocycles. The quantitative estimate of drug-likeness (QED) is 0.943. The summed E-state index contributed by atoms with van der Waals surface area (Å²) in [6.07, 6.45) is 4.24. The first-order chi connectivity index (χ1) is 11.1. The lowest BCUT2D eigenvalue weighted by Gasteiger charge is -2.17. The number of nitrogens with zero attached hydrogens (tertiary/aromatic N) is 3. The van der Waals surface area contributed by atoms with Gasteiger partial charge in [0.2, 0.25) is 0 Å². The molecule has 3 rings (SSSR count). The standard InChI is InChI=1S/C18H22N4O/c1-21(2)15-7-5-14(6-8-15)20-18(23)17-10-9-16(13-19-17)22-11-3-4-12-22/h5-10,13H,3-4,11-12H2,1-2H3,(H,20,23). The van der Waals surface area contributed by atoms with Gasteiger partial charge in [0.1, 0.15) is 5.69 Å². The van der Waals surface area contributed by atoms with Crippen molar-refractivity contribution in [2.75, 3.05) is 42.3 Å². The van der Waals surface area contributed by atoms with E-state index in [9.17, 15) is 4.79 Å². The molecule has 1 aliphatic heterocycles. The van der Waals surface area contributed by atoms with Crippen LogP contribution < -0.4 is 15.1 Å². The van der Waals surface area contributed by atoms with E-state index in [1.807, 2.05) is 49.3 Å². The SMILES string of the molecule is CN(C)c1ccc(NC(=O)c2ccc(N3CCCC3)cn2)cc1. The third kappa shape index (κ3) is 3.62. The van der Waals surface area contributed by atoms with Crippen molar-refractivity contribution in [3.05, 3.63) is 48.3 Å². The van der Waals surface area contributed by atoms with Gasteiger partial charge in [0, 0.05) is 38.6 Å². The lowest BCUT2D eigenvalue weighted by molar-refractivity contribution is 0.102. The highest BCUT2D eigenvalue weighted by atomic mass is 16.1. The smallest absolute Gasteiger partial charge is 0.274 e. The first-order valence-corrected chi connectivity index (χ1v) is 7.93. The molecule has 1 amide bonds. The average molecular weight is 310 g/mol. The number of amides is 1. The maximum atomic E-state index is 12.3. The Morgan fingerprint density at radius 1 is 1.09 bits per heavy atom. The Kier molecular flexibility index (Phi) is 4.46. The zero-order chi connectivity index (χ0) is 16.2. The predicted molar refractivity (Wildman–Crippen MR) is 94.4 cm³/mol. The van der Waals surface area contributed by atoms with Gasteiger partial charge >= 0.3 is 0 Å². The summed E-state index contributed by atoms with van der Waals surface area (Å²) in [5, 5.41) is 2.88. The summed E-state index contributed by atoms with van der Waals surface area (Å²) in [6, 6.07) is 11.5. The molecule has 0 unspecified atom stereocenters. The fourth-order valence-corrected chi connectivity index (χ4v) is 2.72. The van der Waals surface area contributed by atoms with E-state index in [-0.39, 0.29) is 5.91 Å². The summed E-state index contributed by atoms with van der Waals surface area (Å²) in [6.45, 7) is 2.15. The van der Waals surface area contributed by atoms with Crippen molar-refractivity contribution in [1.29, 1.82) is 0 Å². The highest BCUT2D eigenvalue weighted by molar-refractivity contribution is 6.03. The third-order valence-electron chi connectivity index (χ3n) is 4.09. The number of pyridine rings is 1. The molecule has 2 heterocycles. The summed E-state index contributed by atoms with van der Waals surface area (Å²) >= 11 is 0. The van der Waals surface area contributed by atoms with E-state index in [4.69, 9.17) is 0 Å². The molecular formula is C18H22N4O. The monoisotopic (exact) mass is 310 g/mol. The molecule has 1 aliphatic rings. The van der Waals surface area contributed by atoms with Crippen LogP contribution in [0.5, 0.6) is 0 Å². The minimum absolute atomic E-state index is 0.185. The summed E-state index contributed by atoms with van der Waals surface area (Å²) in [7, 11) is 3.97. The van der Waals surface area contributed by atoms with Gasteiger partial charge in [0.05, 0.1) is 11.9 Å². The number of hydrogen-bond donors (Lipinski definition) is 1. The van der Waals surface area contributed by atoms with Crippen LogP contribution in [-0.2, 0) is 0 Å². The van der Waals surface area contributed by atoms with Crippen LogP contribution in [0, 0.1) is 0 Å². The largest absolute Gasteiger partial charge is 0.378 e. The van der Waals surface area contributed by atoms with Gasteiger partial charge in [0.15, 0.2) is 0 Å². The molecule has 5 nitrogen and oxygen atoms in total. The second kappa shape index (κ2) is 6.69. The van der Waals surface area contributed by atoms with Gasteiger partial charge in [-0.2, -0.15) is 0 Å². The van der Waals surface area contributed by atoms with Crippen molar-refractivity contribution in [2.24, 2.45) is 0 Å². The van der Waals surface area contributed by atoms with Crippen molar-refractivity contribution in [3.63, 3.8) is 0 Å². The van der Waals surface area contributed by atoms with Crippen molar-refractivity contribution in [2.45, 2.75) is 12.8 Å². The molecule has 0 aliphatic carbocycles. The van der Waals surface area contributed by atoms with Crippen LogP contribution in [0.4, 0.5) is 17.1 Å². The Hall–Kier alpha value is -2.56. The predicted octanol–water partition coefficient (Wildman–Crippen LogP) is 3.00. The molecule has 0 radical (unpaired) electrons. The zero-order valence-corrected chi connectivity index (χ0v) is 13.6. The maximum Gasteiger partial charge on any atom is 0.274 e. The van der Waals surface area contributed by atoms with E-state index in [1.165, 1.54) is 12.8 Å². The Balaban J connectivity index is 1.65. The average Bonchev–Trinajstić information content (AvgIpc) is 3.10. The van der Waals surface area contributed by atoms with Gasteiger partial charge in [-0.05, 0) is 49.2 Å². The van der Waals surface area contributed by atoms with Crippen LogP contribution in [0.25, 0.3) is 0 Å². The van der Waals surface area contributed by atoms with Gasteiger partial charge in [-0.15, -0.1) is 0 Å². The number of carbonyl (C=O) groups is 1. The molecule has 1 N–H and O–H groups in total. The molecule has 5 heteroatoms. The van der Waals surface area contributed by atoms with Crippen LogP contribution in [0.3, 0.4) is 0 Å². The van der Waals surface area contributed by atoms with Crippen LogP contribution in [0.1, 0.15) is 23.3 Å². The molecule has 0 atom stereocenters. The second-order valence-corrected chi connectivity index (χ2v) is 5.99. The first-order valence-electron chi connectivity index (χ1n) is 7.93. The molecule has 2 aromatic rings. The van der Waals surface area contributed by atoms with Gasteiger partial charge in [-0.25, -0.2) is 4.98 Å². The maximum absolute atomic E-state index is 12.3. The molecule has 0 bridgehead atoms. The number of hydrogen-bond acceptors (Lipinski definition) is 4. The fraction of sp³-hybridized carbons (Fsp3) is 0.333. The van der Waals surface area contributed by atoms with E-state index < -0.39 is 0 Å². The zero-order valence-electron chi connectivity index (χ0n) is 13.6. The second-order valence-electron chi connectivity index (χ2n) is 5.99. The number of anilines is 3. The lowest BCUT2D eigenvalue weighted by Crippen LogP contribution is -2.19. The lowest BCUT2D eigenvalue weighted by atomic mass is 10.2. The summed E-state index contributed by atoms with van der Waals surface area (Å²) in [5.74, 6) is -0.185. The Labute approximate surface area is 136 Å². The molecule has 1 saturated heterocycles. The topological polar surface area (TPSA) is 48.5 Å². The summed E-state index contributed by atoms with van der Waals surface area (Å²) in [5.41, 5.74) is 3.39. The van der Waals surface area contributed by atoms with Gasteiger partial charge in [0.25, 0.3) is 5.91 Å². The normalized spacial score (nSPS) is 13.9. The fourth-order valence-electron chi connectivity index (χ4n) is 2.72. The summed E-state index contributed by atoms with van der Waals surface area (Å²) in [4.78, 5) is 20.9. The van der Waals surface area contributed by atoms with Gasteiger partial charge in [-0.3, -0.25) is 4.79 Å². The molecule has 120 valence electrons. The number of carbonyl (C=O) groups excluding carboxylic acids is 1. The minimum Gasteiger partial charge on any atom is -0.378 e. The van der Waals surface area contributed by atoms with E-state index >= 15 is 0 Å². The highest BCUT2D eigenvalue weighted by Gasteiger charge is 2.14. The van der Waals surface area contributed by atoms with Gasteiger partial charge in [-0.1, -0.05) is 0 Å². The van der Waals surface area contributed by atoms with Crippen molar-refractivity contribution >= 4 is 23.0 Å². The Bertz CT molecular complexity index is 658. The van der Waals surface area contributed by atoms with Crippen molar-refractivity contribution in [1.82, 2.24) is 4.98 Å². The molecular weight excluding hydrogens is 288 g/mol. The molecule has 1 fully saturated rings.